The van der Waals surface area contributed by atoms with Crippen LogP contribution in [0, 0.1) is 0 Å². The molecule has 0 aliphatic carbocycles. The first kappa shape index (κ1) is 30.8. The SMILES string of the molecule is C=CC(=O)Nc1cc(Nc2ncc(C(F)(F)F)c(-c3cn(C4COC4)c4ccccc34)n2)c(OC)cc1N(C)CCN(C)C. The van der Waals surface area contributed by atoms with Crippen LogP contribution >= 0.6 is 0 Å². The van der Waals surface area contributed by atoms with Crippen LogP contribution in [0.3, 0.4) is 0 Å². The first-order valence-corrected chi connectivity index (χ1v) is 13.9. The maximum atomic E-state index is 14.3. The van der Waals surface area contributed by atoms with Gasteiger partial charge < -0.3 is 34.5 Å². The molecule has 3 heterocycles. The molecule has 1 amide bonds. The normalized spacial score (nSPS) is 13.5. The van der Waals surface area contributed by atoms with Crippen LogP contribution in [0.15, 0.2) is 61.4 Å². The number of anilines is 4. The predicted molar refractivity (Wildman–Crippen MR) is 165 cm³/mol. The third-order valence-electron chi connectivity index (χ3n) is 7.41. The Labute approximate surface area is 253 Å². The molecular formula is C31H34F3N7O3. The Morgan fingerprint density at radius 2 is 1.93 bits per heavy atom. The number of fused-ring (bicyclic) bond motifs is 1. The molecule has 13 heteroatoms. The summed E-state index contributed by atoms with van der Waals surface area (Å²) in [5, 5.41) is 6.45. The smallest absolute Gasteiger partial charge is 0.419 e. The standard InChI is InChI=1S/C31H34F3N7O3/c1-6-28(42)36-23-13-24(27(43-5)14-26(23)40(4)12-11-39(2)3)37-30-35-15-22(31(32,33)34)29(38-30)21-16-41(19-17-44-18-19)25-10-8-7-9-20(21)25/h6-10,13-16,19H,1,11-12,17-18H2,2-5H3,(H,36,42)(H,35,37,38). The molecule has 4 aromatic rings. The van der Waals surface area contributed by atoms with Crippen molar-refractivity contribution >= 4 is 39.8 Å². The number of carbonyl (C=O) groups is 1. The molecule has 1 saturated heterocycles. The van der Waals surface area contributed by atoms with E-state index in [2.05, 4.69) is 27.2 Å². The summed E-state index contributed by atoms with van der Waals surface area (Å²) in [7, 11) is 7.27. The summed E-state index contributed by atoms with van der Waals surface area (Å²) in [6, 6.07) is 10.6. The third kappa shape index (κ3) is 6.33. The van der Waals surface area contributed by atoms with Crippen LogP contribution in [-0.4, -0.2) is 79.9 Å². The highest BCUT2D eigenvalue weighted by molar-refractivity contribution is 6.02. The highest BCUT2D eigenvalue weighted by Gasteiger charge is 2.37. The number of para-hydroxylation sites is 1. The van der Waals surface area contributed by atoms with Crippen molar-refractivity contribution in [3.05, 3.63) is 67.0 Å². The van der Waals surface area contributed by atoms with Gasteiger partial charge in [-0.2, -0.15) is 13.2 Å². The molecule has 1 fully saturated rings. The van der Waals surface area contributed by atoms with E-state index in [1.54, 1.807) is 30.5 Å². The molecule has 0 saturated carbocycles. The molecule has 1 aliphatic heterocycles. The van der Waals surface area contributed by atoms with Crippen LogP contribution in [0.2, 0.25) is 0 Å². The quantitative estimate of drug-likeness (QED) is 0.214. The maximum Gasteiger partial charge on any atom is 0.419 e. The molecule has 1 aliphatic rings. The van der Waals surface area contributed by atoms with Gasteiger partial charge >= 0.3 is 6.18 Å². The van der Waals surface area contributed by atoms with Crippen molar-refractivity contribution in [2.75, 3.05) is 70.1 Å². The molecule has 2 N–H and O–H groups in total. The first-order valence-electron chi connectivity index (χ1n) is 13.9. The van der Waals surface area contributed by atoms with Gasteiger partial charge in [0.15, 0.2) is 0 Å². The second-order valence-corrected chi connectivity index (χ2v) is 10.7. The lowest BCUT2D eigenvalue weighted by Crippen LogP contribution is -2.30. The molecule has 0 bridgehead atoms. The summed E-state index contributed by atoms with van der Waals surface area (Å²) in [4.78, 5) is 24.7. The molecule has 232 valence electrons. The Morgan fingerprint density at radius 3 is 2.57 bits per heavy atom. The monoisotopic (exact) mass is 609 g/mol. The summed E-state index contributed by atoms with van der Waals surface area (Å²) in [5.41, 5.74) is 1.35. The Balaban J connectivity index is 1.59. The van der Waals surface area contributed by atoms with E-state index in [4.69, 9.17) is 9.47 Å². The number of carbonyl (C=O) groups excluding carboxylic acids is 1. The molecule has 44 heavy (non-hydrogen) atoms. The Hall–Kier alpha value is -4.62. The first-order chi connectivity index (χ1) is 21.0. The number of hydrogen-bond acceptors (Lipinski definition) is 8. The summed E-state index contributed by atoms with van der Waals surface area (Å²) >= 11 is 0. The van der Waals surface area contributed by atoms with E-state index in [1.807, 2.05) is 47.6 Å². The summed E-state index contributed by atoms with van der Waals surface area (Å²) in [5.74, 6) is -0.130. The molecule has 10 nitrogen and oxygen atoms in total. The summed E-state index contributed by atoms with van der Waals surface area (Å²) in [6.07, 6.45) is -1.08. The number of halogens is 3. The fourth-order valence-electron chi connectivity index (χ4n) is 4.96. The largest absolute Gasteiger partial charge is 0.494 e. The second-order valence-electron chi connectivity index (χ2n) is 10.7. The number of alkyl halides is 3. The molecule has 2 aromatic carbocycles. The van der Waals surface area contributed by atoms with Crippen molar-refractivity contribution in [3.8, 4) is 17.0 Å². The molecule has 5 rings (SSSR count). The van der Waals surface area contributed by atoms with Crippen LogP contribution in [0.4, 0.5) is 36.2 Å². The van der Waals surface area contributed by atoms with Crippen molar-refractivity contribution in [1.82, 2.24) is 19.4 Å². The van der Waals surface area contributed by atoms with E-state index in [1.165, 1.54) is 7.11 Å². The number of methoxy groups -OCH3 is 1. The van der Waals surface area contributed by atoms with Gasteiger partial charge in [-0.1, -0.05) is 24.8 Å². The van der Waals surface area contributed by atoms with Crippen LogP contribution in [0.5, 0.6) is 5.75 Å². The topological polar surface area (TPSA) is 96.8 Å². The van der Waals surface area contributed by atoms with Gasteiger partial charge in [-0.15, -0.1) is 0 Å². The van der Waals surface area contributed by atoms with Gasteiger partial charge in [-0.3, -0.25) is 4.79 Å². The van der Waals surface area contributed by atoms with Gasteiger partial charge in [0.2, 0.25) is 11.9 Å². The minimum absolute atomic E-state index is 0.0187. The number of aromatic nitrogens is 3. The Kier molecular flexibility index (Phi) is 8.79. The lowest BCUT2D eigenvalue weighted by Gasteiger charge is -2.28. The van der Waals surface area contributed by atoms with E-state index in [9.17, 15) is 18.0 Å². The van der Waals surface area contributed by atoms with Crippen LogP contribution in [0.1, 0.15) is 11.6 Å². The number of benzene rings is 2. The van der Waals surface area contributed by atoms with Gasteiger partial charge in [0.05, 0.1) is 49.1 Å². The molecule has 0 radical (unpaired) electrons. The number of ether oxygens (including phenoxy) is 2. The number of nitrogens with zero attached hydrogens (tertiary/aromatic N) is 5. The zero-order chi connectivity index (χ0) is 31.6. The van der Waals surface area contributed by atoms with E-state index >= 15 is 0 Å². The van der Waals surface area contributed by atoms with Crippen LogP contribution < -0.4 is 20.3 Å². The van der Waals surface area contributed by atoms with Gasteiger partial charge in [-0.25, -0.2) is 9.97 Å². The minimum atomic E-state index is -4.70. The van der Waals surface area contributed by atoms with Crippen molar-refractivity contribution in [3.63, 3.8) is 0 Å². The highest BCUT2D eigenvalue weighted by Crippen LogP contribution is 2.42. The predicted octanol–water partition coefficient (Wildman–Crippen LogP) is 5.56. The molecule has 0 atom stereocenters. The minimum Gasteiger partial charge on any atom is -0.494 e. The molecular weight excluding hydrogens is 575 g/mol. The fraction of sp³-hybridized carbons (Fsp3) is 0.323. The fourth-order valence-corrected chi connectivity index (χ4v) is 4.96. The Bertz CT molecular complexity index is 1680. The number of amides is 1. The average molecular weight is 610 g/mol. The zero-order valence-electron chi connectivity index (χ0n) is 24.9. The van der Waals surface area contributed by atoms with Crippen LogP contribution in [0.25, 0.3) is 22.2 Å². The van der Waals surface area contributed by atoms with E-state index < -0.39 is 17.6 Å². The van der Waals surface area contributed by atoms with E-state index in [0.717, 1.165) is 24.3 Å². The number of rotatable bonds is 11. The lowest BCUT2D eigenvalue weighted by molar-refractivity contribution is -0.137. The second kappa shape index (κ2) is 12.5. The van der Waals surface area contributed by atoms with Crippen molar-refractivity contribution < 1.29 is 27.4 Å². The van der Waals surface area contributed by atoms with Gasteiger partial charge in [0, 0.05) is 55.1 Å². The number of hydrogen-bond donors (Lipinski definition) is 2. The average Bonchev–Trinajstić information content (AvgIpc) is 3.33. The van der Waals surface area contributed by atoms with E-state index in [0.29, 0.717) is 53.5 Å². The molecule has 0 unspecified atom stereocenters. The number of nitrogens with one attached hydrogen (secondary N) is 2. The molecule has 0 spiro atoms. The summed E-state index contributed by atoms with van der Waals surface area (Å²) < 4.78 is 55.8. The van der Waals surface area contributed by atoms with Gasteiger partial charge in [0.25, 0.3) is 0 Å². The zero-order valence-corrected chi connectivity index (χ0v) is 24.9. The van der Waals surface area contributed by atoms with Crippen molar-refractivity contribution in [2.45, 2.75) is 12.2 Å². The molecule has 2 aromatic heterocycles. The summed E-state index contributed by atoms with van der Waals surface area (Å²) in [6.45, 7) is 5.88. The van der Waals surface area contributed by atoms with Gasteiger partial charge in [-0.05, 0) is 32.3 Å². The van der Waals surface area contributed by atoms with Crippen LogP contribution in [-0.2, 0) is 15.7 Å². The van der Waals surface area contributed by atoms with Gasteiger partial charge in [0.1, 0.15) is 11.3 Å². The Morgan fingerprint density at radius 1 is 1.18 bits per heavy atom. The number of likely N-dealkylation sites (N-methyl/N-ethyl adjacent to an activating group) is 2. The lowest BCUT2D eigenvalue weighted by atomic mass is 10.1. The maximum absolute atomic E-state index is 14.3. The van der Waals surface area contributed by atoms with Crippen molar-refractivity contribution in [2.24, 2.45) is 0 Å². The third-order valence-corrected chi connectivity index (χ3v) is 7.41. The van der Waals surface area contributed by atoms with E-state index in [-0.39, 0.29) is 17.7 Å². The van der Waals surface area contributed by atoms with Crippen molar-refractivity contribution in [1.29, 1.82) is 0 Å². The highest BCUT2D eigenvalue weighted by atomic mass is 19.4.